The first-order valence-electron chi connectivity index (χ1n) is 5.37. The van der Waals surface area contributed by atoms with Crippen molar-refractivity contribution in [2.45, 2.75) is 13.8 Å². The maximum atomic E-state index is 11.1. The molecule has 5 heteroatoms. The Bertz CT molecular complexity index is 624. The number of hydrogen-bond donors (Lipinski definition) is 1. The molecule has 0 aliphatic carbocycles. The minimum absolute atomic E-state index is 0.108. The molecule has 0 saturated carbocycles. The summed E-state index contributed by atoms with van der Waals surface area (Å²) in [4.78, 5) is 22.0. The highest BCUT2D eigenvalue weighted by molar-refractivity contribution is 5.98. The van der Waals surface area contributed by atoms with Crippen LogP contribution in [0.25, 0.3) is 11.0 Å². The third-order valence-corrected chi connectivity index (χ3v) is 2.41. The number of fused-ring (bicyclic) bond motifs is 1. The molecule has 0 bridgehead atoms. The number of carboxylic acid groups (broad SMARTS) is 1. The molecule has 2 aromatic rings. The van der Waals surface area contributed by atoms with E-state index in [1.54, 1.807) is 12.1 Å². The molecule has 5 nitrogen and oxygen atoms in total. The molecule has 1 aromatic heterocycles. The average Bonchev–Trinajstić information content (AvgIpc) is 2.64. The fourth-order valence-electron chi connectivity index (χ4n) is 1.65. The Morgan fingerprint density at radius 2 is 2.11 bits per heavy atom. The van der Waals surface area contributed by atoms with Crippen molar-refractivity contribution in [3.05, 3.63) is 29.5 Å². The van der Waals surface area contributed by atoms with Crippen LogP contribution in [0.4, 0.5) is 0 Å². The van der Waals surface area contributed by atoms with Crippen LogP contribution in [0.1, 0.15) is 23.0 Å². The average molecular weight is 248 g/mol. The molecule has 0 unspecified atom stereocenters. The number of Topliss-reactive ketones (excluding diaryl/α,β-unsaturated/α-hetero) is 1. The molecule has 1 N–H and O–H groups in total. The summed E-state index contributed by atoms with van der Waals surface area (Å²) in [6.07, 6.45) is 0. The number of rotatable bonds is 4. The van der Waals surface area contributed by atoms with Crippen molar-refractivity contribution in [3.63, 3.8) is 0 Å². The van der Waals surface area contributed by atoms with Gasteiger partial charge in [-0.15, -0.1) is 0 Å². The van der Waals surface area contributed by atoms with Crippen LogP contribution in [0.3, 0.4) is 0 Å². The van der Waals surface area contributed by atoms with E-state index in [0.717, 1.165) is 5.56 Å². The number of carboxylic acids is 1. The molecule has 18 heavy (non-hydrogen) atoms. The Labute approximate surface area is 103 Å². The number of ketones is 1. The predicted molar refractivity (Wildman–Crippen MR) is 64.1 cm³/mol. The molecule has 1 aromatic carbocycles. The second kappa shape index (κ2) is 4.52. The summed E-state index contributed by atoms with van der Waals surface area (Å²) in [5.41, 5.74) is 1.38. The Balaban J connectivity index is 2.57. The Morgan fingerprint density at radius 1 is 1.39 bits per heavy atom. The molecule has 0 atom stereocenters. The van der Waals surface area contributed by atoms with E-state index < -0.39 is 5.97 Å². The number of carbonyl (C=O) groups excluding carboxylic acids is 1. The maximum absolute atomic E-state index is 11.1. The van der Waals surface area contributed by atoms with E-state index in [-0.39, 0.29) is 23.9 Å². The van der Waals surface area contributed by atoms with E-state index in [1.165, 1.54) is 6.92 Å². The number of aromatic carboxylic acids is 1. The van der Waals surface area contributed by atoms with Gasteiger partial charge in [-0.2, -0.15) is 0 Å². The first-order chi connectivity index (χ1) is 8.49. The van der Waals surface area contributed by atoms with Gasteiger partial charge in [-0.3, -0.25) is 4.79 Å². The van der Waals surface area contributed by atoms with Gasteiger partial charge in [0.15, 0.2) is 11.5 Å². The zero-order valence-electron chi connectivity index (χ0n) is 10.0. The Morgan fingerprint density at radius 3 is 2.72 bits per heavy atom. The van der Waals surface area contributed by atoms with Crippen LogP contribution in [0.5, 0.6) is 5.75 Å². The zero-order chi connectivity index (χ0) is 13.3. The van der Waals surface area contributed by atoms with E-state index in [9.17, 15) is 9.59 Å². The summed E-state index contributed by atoms with van der Waals surface area (Å²) in [7, 11) is 0. The van der Waals surface area contributed by atoms with Crippen LogP contribution in [0.15, 0.2) is 22.6 Å². The second-order valence-electron chi connectivity index (χ2n) is 4.06. The normalized spacial score (nSPS) is 10.6. The number of ether oxygens (including phenoxy) is 1. The number of benzene rings is 1. The zero-order valence-corrected chi connectivity index (χ0v) is 10.0. The lowest BCUT2D eigenvalue weighted by molar-refractivity contribution is -0.118. The molecular formula is C13H12O5. The summed E-state index contributed by atoms with van der Waals surface area (Å²) in [6, 6.07) is 5.25. The van der Waals surface area contributed by atoms with Crippen LogP contribution in [0.2, 0.25) is 0 Å². The highest BCUT2D eigenvalue weighted by Crippen LogP contribution is 2.33. The molecule has 94 valence electrons. The fourth-order valence-corrected chi connectivity index (χ4v) is 1.65. The largest absolute Gasteiger partial charge is 0.481 e. The van der Waals surface area contributed by atoms with Gasteiger partial charge in [0.2, 0.25) is 0 Å². The van der Waals surface area contributed by atoms with Crippen LogP contribution >= 0.6 is 0 Å². The van der Waals surface area contributed by atoms with Gasteiger partial charge in [0, 0.05) is 0 Å². The second-order valence-corrected chi connectivity index (χ2v) is 4.06. The molecule has 0 aliphatic rings. The van der Waals surface area contributed by atoms with Crippen molar-refractivity contribution < 1.29 is 23.8 Å². The minimum atomic E-state index is -1.22. The Hall–Kier alpha value is -2.30. The van der Waals surface area contributed by atoms with Crippen molar-refractivity contribution in [1.29, 1.82) is 0 Å². The number of carbonyl (C=O) groups is 2. The summed E-state index contributed by atoms with van der Waals surface area (Å²) in [5.74, 6) is -1.58. The number of furan rings is 1. The standard InChI is InChI=1S/C13H12O5/c1-7-3-4-10-9(5-7)11(17-6-8(2)14)12(18-10)13(15)16/h3-5H,6H2,1-2H3,(H,15,16). The predicted octanol–water partition coefficient (Wildman–Crippen LogP) is 2.41. The fraction of sp³-hybridized carbons (Fsp3) is 0.231. The monoisotopic (exact) mass is 248 g/mol. The first kappa shape index (κ1) is 12.2. The summed E-state index contributed by atoms with van der Waals surface area (Å²) in [5, 5.41) is 9.61. The van der Waals surface area contributed by atoms with Crippen molar-refractivity contribution in [3.8, 4) is 5.75 Å². The smallest absolute Gasteiger partial charge is 0.375 e. The van der Waals surface area contributed by atoms with E-state index >= 15 is 0 Å². The maximum Gasteiger partial charge on any atom is 0.375 e. The van der Waals surface area contributed by atoms with Gasteiger partial charge in [-0.1, -0.05) is 11.6 Å². The summed E-state index contributed by atoms with van der Waals surface area (Å²) < 4.78 is 10.5. The van der Waals surface area contributed by atoms with Gasteiger partial charge in [0.25, 0.3) is 5.76 Å². The molecule has 0 spiro atoms. The van der Waals surface area contributed by atoms with Gasteiger partial charge in [-0.25, -0.2) is 4.79 Å². The van der Waals surface area contributed by atoms with Crippen LogP contribution in [-0.2, 0) is 4.79 Å². The third-order valence-electron chi connectivity index (χ3n) is 2.41. The molecular weight excluding hydrogens is 236 g/mol. The lowest BCUT2D eigenvalue weighted by Gasteiger charge is -2.02. The number of aryl methyl sites for hydroxylation is 1. The van der Waals surface area contributed by atoms with Crippen molar-refractivity contribution >= 4 is 22.7 Å². The van der Waals surface area contributed by atoms with Crippen LogP contribution < -0.4 is 4.74 Å². The molecule has 0 amide bonds. The molecule has 0 radical (unpaired) electrons. The summed E-state index contributed by atoms with van der Waals surface area (Å²) in [6.45, 7) is 3.07. The van der Waals surface area contributed by atoms with Gasteiger partial charge in [0.1, 0.15) is 12.2 Å². The van der Waals surface area contributed by atoms with Gasteiger partial charge >= 0.3 is 5.97 Å². The van der Waals surface area contributed by atoms with E-state index in [2.05, 4.69) is 0 Å². The Kier molecular flexibility index (Phi) is 3.06. The third kappa shape index (κ3) is 2.20. The molecule has 2 rings (SSSR count). The van der Waals surface area contributed by atoms with Crippen LogP contribution in [-0.4, -0.2) is 23.5 Å². The molecule has 1 heterocycles. The van der Waals surface area contributed by atoms with Gasteiger partial charge < -0.3 is 14.3 Å². The van der Waals surface area contributed by atoms with Gasteiger partial charge in [0.05, 0.1) is 5.39 Å². The lowest BCUT2D eigenvalue weighted by Crippen LogP contribution is -2.08. The van der Waals surface area contributed by atoms with Crippen molar-refractivity contribution in [2.75, 3.05) is 6.61 Å². The highest BCUT2D eigenvalue weighted by atomic mass is 16.5. The minimum Gasteiger partial charge on any atom is -0.481 e. The molecule has 0 fully saturated rings. The van der Waals surface area contributed by atoms with E-state index in [0.29, 0.717) is 11.0 Å². The lowest BCUT2D eigenvalue weighted by atomic mass is 10.1. The highest BCUT2D eigenvalue weighted by Gasteiger charge is 2.21. The SMILES string of the molecule is CC(=O)COc1c(C(=O)O)oc2ccc(C)cc12. The molecule has 0 saturated heterocycles. The summed E-state index contributed by atoms with van der Waals surface area (Å²) >= 11 is 0. The topological polar surface area (TPSA) is 76.7 Å². The molecule has 0 aliphatic heterocycles. The number of hydrogen-bond acceptors (Lipinski definition) is 4. The van der Waals surface area contributed by atoms with Crippen LogP contribution in [0, 0.1) is 6.92 Å². The van der Waals surface area contributed by atoms with Crippen molar-refractivity contribution in [2.24, 2.45) is 0 Å². The quantitative estimate of drug-likeness (QED) is 0.899. The van der Waals surface area contributed by atoms with E-state index in [4.69, 9.17) is 14.3 Å². The van der Waals surface area contributed by atoms with E-state index in [1.807, 2.05) is 13.0 Å². The van der Waals surface area contributed by atoms with Gasteiger partial charge in [-0.05, 0) is 26.0 Å². The first-order valence-corrected chi connectivity index (χ1v) is 5.37. The van der Waals surface area contributed by atoms with Crippen molar-refractivity contribution in [1.82, 2.24) is 0 Å².